The van der Waals surface area contributed by atoms with Crippen molar-refractivity contribution in [3.05, 3.63) is 97.9 Å². The molecule has 1 aliphatic carbocycles. The van der Waals surface area contributed by atoms with Crippen molar-refractivity contribution in [1.82, 2.24) is 0 Å². The number of carbonyl (C=O) groups excluding carboxylic acids is 1. The fourth-order valence-corrected chi connectivity index (χ4v) is 4.74. The van der Waals surface area contributed by atoms with Crippen LogP contribution in [0.3, 0.4) is 0 Å². The third-order valence-corrected chi connectivity index (χ3v) is 7.06. The molecule has 0 saturated heterocycles. The predicted molar refractivity (Wildman–Crippen MR) is 128 cm³/mol. The van der Waals surface area contributed by atoms with Crippen LogP contribution in [0.15, 0.2) is 71.2 Å². The van der Waals surface area contributed by atoms with Crippen LogP contribution in [0.2, 0.25) is 10.0 Å². The zero-order chi connectivity index (χ0) is 22.5. The molecule has 1 fully saturated rings. The predicted octanol–water partition coefficient (Wildman–Crippen LogP) is 6.94. The Morgan fingerprint density at radius 3 is 2.22 bits per heavy atom. The maximum atomic E-state index is 13.8. The first-order valence-electron chi connectivity index (χ1n) is 10.1. The topological polar surface area (TPSA) is 53.3 Å². The van der Waals surface area contributed by atoms with Crippen LogP contribution in [-0.2, 0) is 10.5 Å². The summed E-state index contributed by atoms with van der Waals surface area (Å²) >= 11 is 15.8. The van der Waals surface area contributed by atoms with E-state index in [9.17, 15) is 10.1 Å². The monoisotopic (exact) mass is 526 g/mol. The number of ether oxygens (including phenoxy) is 1. The Hall–Kier alpha value is -2.36. The minimum absolute atomic E-state index is 0.194. The molecule has 4 nitrogen and oxygen atoms in total. The molecule has 1 aliphatic heterocycles. The minimum atomic E-state index is -1.25. The molecule has 0 spiro atoms. The van der Waals surface area contributed by atoms with Crippen LogP contribution in [0.5, 0.6) is 0 Å². The average molecular weight is 528 g/mol. The van der Waals surface area contributed by atoms with Gasteiger partial charge in [-0.15, -0.1) is 0 Å². The number of nitriles is 1. The van der Waals surface area contributed by atoms with Crippen molar-refractivity contribution >= 4 is 50.7 Å². The van der Waals surface area contributed by atoms with Crippen molar-refractivity contribution < 1.29 is 9.53 Å². The standard InChI is InChI=1S/C25H17BrCl2N2O2/c26-17-3-10-22-21(13-17)23(31)30(20-8-6-19(28)7-9-20)25(22,16-1-4-18(27)5-2-16)32-15-24(14-29)11-12-24/h1-10,13H,11-12,15H2. The van der Waals surface area contributed by atoms with Gasteiger partial charge in [-0.2, -0.15) is 5.26 Å². The maximum absolute atomic E-state index is 13.8. The van der Waals surface area contributed by atoms with Gasteiger partial charge in [0, 0.05) is 36.9 Å². The first-order chi connectivity index (χ1) is 15.4. The molecule has 3 aromatic carbocycles. The Morgan fingerprint density at radius 2 is 1.62 bits per heavy atom. The highest BCUT2D eigenvalue weighted by atomic mass is 79.9. The second-order valence-corrected chi connectivity index (χ2v) is 9.93. The summed E-state index contributed by atoms with van der Waals surface area (Å²) in [4.78, 5) is 15.5. The van der Waals surface area contributed by atoms with Gasteiger partial charge >= 0.3 is 0 Å². The lowest BCUT2D eigenvalue weighted by Gasteiger charge is -2.40. The van der Waals surface area contributed by atoms with E-state index in [4.69, 9.17) is 27.9 Å². The molecule has 1 unspecified atom stereocenters. The normalized spacial score (nSPS) is 20.7. The van der Waals surface area contributed by atoms with Gasteiger partial charge in [-0.25, -0.2) is 0 Å². The van der Waals surface area contributed by atoms with Gasteiger partial charge in [-0.3, -0.25) is 9.69 Å². The van der Waals surface area contributed by atoms with Crippen LogP contribution < -0.4 is 4.90 Å². The molecule has 1 amide bonds. The number of amides is 1. The van der Waals surface area contributed by atoms with Crippen molar-refractivity contribution in [1.29, 1.82) is 5.26 Å². The highest BCUT2D eigenvalue weighted by Gasteiger charge is 2.55. The fourth-order valence-electron chi connectivity index (χ4n) is 4.13. The van der Waals surface area contributed by atoms with Crippen LogP contribution in [0.25, 0.3) is 0 Å². The molecule has 160 valence electrons. The third kappa shape index (κ3) is 3.43. The van der Waals surface area contributed by atoms with Gasteiger partial charge in [0.25, 0.3) is 5.91 Å². The molecule has 32 heavy (non-hydrogen) atoms. The van der Waals surface area contributed by atoms with Crippen LogP contribution in [0.1, 0.15) is 34.3 Å². The van der Waals surface area contributed by atoms with Gasteiger partial charge in [0.15, 0.2) is 0 Å². The summed E-state index contributed by atoms with van der Waals surface area (Å²) in [7, 11) is 0. The number of rotatable bonds is 5. The summed E-state index contributed by atoms with van der Waals surface area (Å²) in [5.74, 6) is -0.194. The molecule has 3 aromatic rings. The molecule has 1 saturated carbocycles. The average Bonchev–Trinajstić information content (AvgIpc) is 3.54. The Morgan fingerprint density at radius 1 is 1.00 bits per heavy atom. The van der Waals surface area contributed by atoms with Crippen LogP contribution >= 0.6 is 39.1 Å². The quantitative estimate of drug-likeness (QED) is 0.361. The number of anilines is 1. The number of carbonyl (C=O) groups is 1. The van der Waals surface area contributed by atoms with E-state index in [0.29, 0.717) is 21.3 Å². The van der Waals surface area contributed by atoms with Crippen molar-refractivity contribution in [3.8, 4) is 6.07 Å². The van der Waals surface area contributed by atoms with Gasteiger partial charge in [0.2, 0.25) is 5.72 Å². The Labute approximate surface area is 204 Å². The number of nitrogens with zero attached hydrogens (tertiary/aromatic N) is 2. The third-order valence-electron chi connectivity index (χ3n) is 6.06. The molecule has 0 N–H and O–H groups in total. The Balaban J connectivity index is 1.76. The molecular weight excluding hydrogens is 511 g/mol. The molecular formula is C25H17BrCl2N2O2. The lowest BCUT2D eigenvalue weighted by molar-refractivity contribution is -0.0274. The molecule has 0 radical (unpaired) electrons. The summed E-state index contributed by atoms with van der Waals surface area (Å²) in [6.07, 6.45) is 1.56. The second-order valence-electron chi connectivity index (χ2n) is 8.14. The number of benzene rings is 3. The van der Waals surface area contributed by atoms with Crippen LogP contribution in [0.4, 0.5) is 5.69 Å². The van der Waals surface area contributed by atoms with E-state index in [-0.39, 0.29) is 12.5 Å². The Bertz CT molecular complexity index is 1250. The van der Waals surface area contributed by atoms with Gasteiger partial charge in [-0.05, 0) is 61.4 Å². The number of hydrogen-bond acceptors (Lipinski definition) is 3. The molecule has 0 bridgehead atoms. The van der Waals surface area contributed by atoms with E-state index in [1.165, 1.54) is 0 Å². The van der Waals surface area contributed by atoms with Crippen molar-refractivity contribution in [2.24, 2.45) is 5.41 Å². The smallest absolute Gasteiger partial charge is 0.261 e. The maximum Gasteiger partial charge on any atom is 0.261 e. The Kier molecular flexibility index (Phi) is 5.30. The van der Waals surface area contributed by atoms with Crippen molar-refractivity contribution in [3.63, 3.8) is 0 Å². The van der Waals surface area contributed by atoms with Gasteiger partial charge in [0.05, 0.1) is 18.1 Å². The van der Waals surface area contributed by atoms with Gasteiger partial charge in [0.1, 0.15) is 0 Å². The lowest BCUT2D eigenvalue weighted by Crippen LogP contribution is -2.48. The molecule has 5 rings (SSSR count). The van der Waals surface area contributed by atoms with E-state index in [1.54, 1.807) is 47.4 Å². The molecule has 2 aliphatic rings. The van der Waals surface area contributed by atoms with E-state index in [1.807, 2.05) is 24.3 Å². The summed E-state index contributed by atoms with van der Waals surface area (Å²) in [5, 5.41) is 10.8. The van der Waals surface area contributed by atoms with E-state index >= 15 is 0 Å². The fraction of sp³-hybridized carbons (Fsp3) is 0.200. The number of fused-ring (bicyclic) bond motifs is 1. The zero-order valence-electron chi connectivity index (χ0n) is 16.8. The molecule has 1 atom stereocenters. The van der Waals surface area contributed by atoms with Crippen molar-refractivity contribution in [2.75, 3.05) is 11.5 Å². The van der Waals surface area contributed by atoms with Crippen LogP contribution in [0, 0.1) is 16.7 Å². The summed E-state index contributed by atoms with van der Waals surface area (Å²) in [6, 6.07) is 22.3. The number of halogens is 3. The van der Waals surface area contributed by atoms with Gasteiger partial charge < -0.3 is 4.74 Å². The second kappa shape index (κ2) is 7.90. The molecule has 0 aromatic heterocycles. The molecule has 1 heterocycles. The number of hydrogen-bond donors (Lipinski definition) is 0. The highest BCUT2D eigenvalue weighted by Crippen LogP contribution is 2.52. The largest absolute Gasteiger partial charge is 0.345 e. The highest BCUT2D eigenvalue weighted by molar-refractivity contribution is 9.10. The van der Waals surface area contributed by atoms with Crippen LogP contribution in [-0.4, -0.2) is 12.5 Å². The summed E-state index contributed by atoms with van der Waals surface area (Å²) < 4.78 is 7.45. The lowest BCUT2D eigenvalue weighted by atomic mass is 9.92. The van der Waals surface area contributed by atoms with Gasteiger partial charge in [-0.1, -0.05) is 57.3 Å². The van der Waals surface area contributed by atoms with E-state index in [2.05, 4.69) is 22.0 Å². The van der Waals surface area contributed by atoms with E-state index < -0.39 is 11.1 Å². The summed E-state index contributed by atoms with van der Waals surface area (Å²) in [5.41, 5.74) is 0.871. The van der Waals surface area contributed by atoms with E-state index in [0.717, 1.165) is 28.4 Å². The first kappa shape index (κ1) is 21.5. The van der Waals surface area contributed by atoms with Crippen molar-refractivity contribution in [2.45, 2.75) is 18.6 Å². The SMILES string of the molecule is N#CC1(COC2(c3ccc(Cl)cc3)c3ccc(Br)cc3C(=O)N2c2ccc(Cl)cc2)CC1. The minimum Gasteiger partial charge on any atom is -0.345 e. The summed E-state index contributed by atoms with van der Waals surface area (Å²) in [6.45, 7) is 0.207. The molecule has 7 heteroatoms. The first-order valence-corrected chi connectivity index (χ1v) is 11.6. The zero-order valence-corrected chi connectivity index (χ0v) is 19.9.